The van der Waals surface area contributed by atoms with Gasteiger partial charge in [0.1, 0.15) is 0 Å². The minimum Gasteiger partial charge on any atom is -0.376 e. The molecule has 1 unspecified atom stereocenters. The molecule has 1 rings (SSSR count). The average molecular weight is 256 g/mol. The molecule has 1 aliphatic heterocycles. The van der Waals surface area contributed by atoms with Crippen molar-refractivity contribution in [2.75, 3.05) is 26.2 Å². The van der Waals surface area contributed by atoms with Gasteiger partial charge in [-0.15, -0.1) is 0 Å². The summed E-state index contributed by atoms with van der Waals surface area (Å²) < 4.78 is 5.51. The summed E-state index contributed by atoms with van der Waals surface area (Å²) >= 11 is 0. The van der Waals surface area contributed by atoms with Gasteiger partial charge in [0.15, 0.2) is 0 Å². The highest BCUT2D eigenvalue weighted by molar-refractivity contribution is 5.77. The number of rotatable bonds is 7. The maximum atomic E-state index is 11.5. The smallest absolute Gasteiger partial charge is 0.221 e. The molecule has 0 radical (unpaired) electrons. The average Bonchev–Trinajstić information content (AvgIpc) is 2.84. The van der Waals surface area contributed by atoms with Crippen molar-refractivity contribution in [3.63, 3.8) is 0 Å². The number of nitrogens with zero attached hydrogens (tertiary/aromatic N) is 1. The maximum absolute atomic E-state index is 11.5. The molecule has 5 heteroatoms. The van der Waals surface area contributed by atoms with Gasteiger partial charge in [0.25, 0.3) is 0 Å². The van der Waals surface area contributed by atoms with Crippen molar-refractivity contribution in [2.24, 2.45) is 0 Å². The fraction of sp³-hybridized carbons (Fsp3) is 0.846. The van der Waals surface area contributed by atoms with E-state index >= 15 is 0 Å². The molecular formula is C13H24N2O3. The van der Waals surface area contributed by atoms with Crippen LogP contribution in [0.3, 0.4) is 0 Å². The number of ether oxygens (including phenoxy) is 1. The molecule has 5 nitrogen and oxygen atoms in total. The quantitative estimate of drug-likeness (QED) is 0.737. The van der Waals surface area contributed by atoms with E-state index in [4.69, 9.17) is 4.74 Å². The van der Waals surface area contributed by atoms with E-state index in [0.29, 0.717) is 26.1 Å². The fourth-order valence-corrected chi connectivity index (χ4v) is 2.00. The van der Waals surface area contributed by atoms with Gasteiger partial charge in [0.2, 0.25) is 11.8 Å². The van der Waals surface area contributed by atoms with E-state index in [0.717, 1.165) is 25.9 Å². The summed E-state index contributed by atoms with van der Waals surface area (Å²) in [6.07, 6.45) is 3.51. The Bertz CT molecular complexity index is 275. The molecule has 1 heterocycles. The third-order valence-electron chi connectivity index (χ3n) is 3.07. The van der Waals surface area contributed by atoms with Gasteiger partial charge in [0, 0.05) is 39.6 Å². The lowest BCUT2D eigenvalue weighted by molar-refractivity contribution is -0.131. The zero-order valence-corrected chi connectivity index (χ0v) is 11.4. The van der Waals surface area contributed by atoms with Crippen LogP contribution in [0.2, 0.25) is 0 Å². The molecule has 0 saturated carbocycles. The second-order valence-corrected chi connectivity index (χ2v) is 4.70. The predicted molar refractivity (Wildman–Crippen MR) is 69.1 cm³/mol. The van der Waals surface area contributed by atoms with Crippen LogP contribution in [0.1, 0.15) is 39.5 Å². The minimum absolute atomic E-state index is 0.00814. The fourth-order valence-electron chi connectivity index (χ4n) is 2.00. The second-order valence-electron chi connectivity index (χ2n) is 4.70. The van der Waals surface area contributed by atoms with Crippen LogP contribution in [0.25, 0.3) is 0 Å². The van der Waals surface area contributed by atoms with E-state index in [-0.39, 0.29) is 17.9 Å². The third kappa shape index (κ3) is 5.49. The summed E-state index contributed by atoms with van der Waals surface area (Å²) in [6.45, 7) is 6.12. The molecule has 1 saturated heterocycles. The van der Waals surface area contributed by atoms with Gasteiger partial charge < -0.3 is 15.0 Å². The largest absolute Gasteiger partial charge is 0.376 e. The molecule has 0 aromatic carbocycles. The van der Waals surface area contributed by atoms with Crippen molar-refractivity contribution in [1.82, 2.24) is 10.2 Å². The van der Waals surface area contributed by atoms with E-state index < -0.39 is 0 Å². The van der Waals surface area contributed by atoms with Crippen LogP contribution < -0.4 is 5.32 Å². The summed E-state index contributed by atoms with van der Waals surface area (Å²) in [5.41, 5.74) is 0. The van der Waals surface area contributed by atoms with Crippen LogP contribution >= 0.6 is 0 Å². The Hall–Kier alpha value is -1.10. The van der Waals surface area contributed by atoms with Gasteiger partial charge in [0.05, 0.1) is 6.10 Å². The summed E-state index contributed by atoms with van der Waals surface area (Å²) in [7, 11) is 0. The van der Waals surface area contributed by atoms with Crippen molar-refractivity contribution >= 4 is 11.8 Å². The van der Waals surface area contributed by atoms with Gasteiger partial charge in [-0.25, -0.2) is 0 Å². The number of nitrogens with one attached hydrogen (secondary N) is 1. The van der Waals surface area contributed by atoms with Gasteiger partial charge in [-0.1, -0.05) is 6.92 Å². The van der Waals surface area contributed by atoms with Gasteiger partial charge in [-0.3, -0.25) is 9.59 Å². The van der Waals surface area contributed by atoms with Crippen LogP contribution in [0, 0.1) is 0 Å². The molecule has 0 aliphatic carbocycles. The number of hydrogen-bond donors (Lipinski definition) is 1. The zero-order chi connectivity index (χ0) is 13.4. The molecule has 0 bridgehead atoms. The first-order valence-corrected chi connectivity index (χ1v) is 6.77. The monoisotopic (exact) mass is 256 g/mol. The molecule has 0 aromatic rings. The number of carbonyl (C=O) groups excluding carboxylic acids is 2. The molecule has 1 N–H and O–H groups in total. The third-order valence-corrected chi connectivity index (χ3v) is 3.07. The zero-order valence-electron chi connectivity index (χ0n) is 11.4. The highest BCUT2D eigenvalue weighted by atomic mass is 16.5. The SMILES string of the molecule is CCCNC(=O)CCN(CC1CCCO1)C(C)=O. The van der Waals surface area contributed by atoms with E-state index in [1.54, 1.807) is 11.8 Å². The van der Waals surface area contributed by atoms with Crippen LogP contribution in [0.15, 0.2) is 0 Å². The normalized spacial score (nSPS) is 18.7. The lowest BCUT2D eigenvalue weighted by atomic mass is 10.2. The van der Waals surface area contributed by atoms with Crippen LogP contribution in [-0.2, 0) is 14.3 Å². The van der Waals surface area contributed by atoms with Gasteiger partial charge >= 0.3 is 0 Å². The number of hydrogen-bond acceptors (Lipinski definition) is 3. The Kier molecular flexibility index (Phi) is 6.72. The molecule has 1 atom stereocenters. The highest BCUT2D eigenvalue weighted by Crippen LogP contribution is 2.13. The Morgan fingerprint density at radius 2 is 2.22 bits per heavy atom. The summed E-state index contributed by atoms with van der Waals surface area (Å²) in [6, 6.07) is 0. The minimum atomic E-state index is 0.00814. The van der Waals surface area contributed by atoms with Crippen LogP contribution in [0.4, 0.5) is 0 Å². The molecule has 0 aromatic heterocycles. The Balaban J connectivity index is 2.28. The first-order valence-electron chi connectivity index (χ1n) is 6.77. The molecular weight excluding hydrogens is 232 g/mol. The van der Waals surface area contributed by atoms with Crippen LogP contribution in [-0.4, -0.2) is 49.1 Å². The summed E-state index contributed by atoms with van der Waals surface area (Å²) in [4.78, 5) is 24.7. The van der Waals surface area contributed by atoms with Gasteiger partial charge in [-0.2, -0.15) is 0 Å². The molecule has 2 amide bonds. The van der Waals surface area contributed by atoms with Crippen molar-refractivity contribution in [3.05, 3.63) is 0 Å². The first kappa shape index (κ1) is 15.0. The van der Waals surface area contributed by atoms with Gasteiger partial charge in [-0.05, 0) is 19.3 Å². The van der Waals surface area contributed by atoms with E-state index in [2.05, 4.69) is 5.32 Å². The summed E-state index contributed by atoms with van der Waals surface area (Å²) in [5.74, 6) is 0.0178. The standard InChI is InChI=1S/C13H24N2O3/c1-3-7-14-13(17)6-8-15(11(2)16)10-12-5-4-9-18-12/h12H,3-10H2,1-2H3,(H,14,17). The van der Waals surface area contributed by atoms with Crippen molar-refractivity contribution < 1.29 is 14.3 Å². The maximum Gasteiger partial charge on any atom is 0.221 e. The van der Waals surface area contributed by atoms with Crippen LogP contribution in [0.5, 0.6) is 0 Å². The molecule has 1 aliphatic rings. The Morgan fingerprint density at radius 3 is 2.78 bits per heavy atom. The second kappa shape index (κ2) is 8.08. The molecule has 18 heavy (non-hydrogen) atoms. The van der Waals surface area contributed by atoms with Crippen molar-refractivity contribution in [2.45, 2.75) is 45.6 Å². The summed E-state index contributed by atoms with van der Waals surface area (Å²) in [5, 5.41) is 2.81. The highest BCUT2D eigenvalue weighted by Gasteiger charge is 2.21. The van der Waals surface area contributed by atoms with Crippen molar-refractivity contribution in [3.8, 4) is 0 Å². The number of amides is 2. The Morgan fingerprint density at radius 1 is 1.44 bits per heavy atom. The van der Waals surface area contributed by atoms with Crippen molar-refractivity contribution in [1.29, 1.82) is 0 Å². The molecule has 104 valence electrons. The topological polar surface area (TPSA) is 58.6 Å². The molecule has 1 fully saturated rings. The Labute approximate surface area is 109 Å². The first-order chi connectivity index (χ1) is 8.63. The lowest BCUT2D eigenvalue weighted by Gasteiger charge is -2.23. The van der Waals surface area contributed by atoms with E-state index in [1.165, 1.54) is 0 Å². The number of carbonyl (C=O) groups is 2. The lowest BCUT2D eigenvalue weighted by Crippen LogP contribution is -2.38. The van der Waals surface area contributed by atoms with E-state index in [9.17, 15) is 9.59 Å². The molecule has 0 spiro atoms. The van der Waals surface area contributed by atoms with E-state index in [1.807, 2.05) is 6.92 Å². The predicted octanol–water partition coefficient (Wildman–Crippen LogP) is 0.930.